The van der Waals surface area contributed by atoms with Crippen molar-refractivity contribution in [3.8, 4) is 0 Å². The van der Waals surface area contributed by atoms with Gasteiger partial charge in [0.25, 0.3) is 5.91 Å². The molecular weight excluding hydrogens is 168 g/mol. The molecule has 1 saturated heterocycles. The van der Waals surface area contributed by atoms with Crippen LogP contribution in [0.5, 0.6) is 0 Å². The fourth-order valence-electron chi connectivity index (χ4n) is 1.69. The highest BCUT2D eigenvalue weighted by atomic mass is 16.2. The molecule has 0 aromatic heterocycles. The minimum Gasteiger partial charge on any atom is -0.323 e. The summed E-state index contributed by atoms with van der Waals surface area (Å²) in [7, 11) is 0. The van der Waals surface area contributed by atoms with Crippen LogP contribution in [0.1, 0.15) is 33.1 Å². The van der Waals surface area contributed by atoms with Crippen molar-refractivity contribution in [3.05, 3.63) is 0 Å². The van der Waals surface area contributed by atoms with Crippen molar-refractivity contribution in [2.75, 3.05) is 0 Å². The molecule has 2 fully saturated rings. The summed E-state index contributed by atoms with van der Waals surface area (Å²) in [6, 6.07) is -0.190. The number of imide groups is 1. The van der Waals surface area contributed by atoms with Crippen molar-refractivity contribution in [1.82, 2.24) is 10.2 Å². The van der Waals surface area contributed by atoms with E-state index < -0.39 is 5.54 Å². The Hall–Kier alpha value is -1.06. The lowest BCUT2D eigenvalue weighted by atomic mass is 10.2. The number of carbonyl (C=O) groups is 2. The number of amides is 3. The normalized spacial score (nSPS) is 26.5. The van der Waals surface area contributed by atoms with Gasteiger partial charge in [-0.3, -0.25) is 9.69 Å². The molecule has 13 heavy (non-hydrogen) atoms. The minimum absolute atomic E-state index is 0.0208. The van der Waals surface area contributed by atoms with Crippen LogP contribution >= 0.6 is 0 Å². The van der Waals surface area contributed by atoms with E-state index in [0.717, 1.165) is 19.3 Å². The molecule has 1 saturated carbocycles. The van der Waals surface area contributed by atoms with E-state index >= 15 is 0 Å². The van der Waals surface area contributed by atoms with E-state index in [-0.39, 0.29) is 18.0 Å². The smallest absolute Gasteiger partial charge is 0.323 e. The molecule has 2 rings (SSSR count). The van der Waals surface area contributed by atoms with Crippen LogP contribution in [0.2, 0.25) is 0 Å². The minimum atomic E-state index is -0.486. The van der Waals surface area contributed by atoms with Crippen molar-refractivity contribution in [2.24, 2.45) is 0 Å². The van der Waals surface area contributed by atoms with E-state index in [1.54, 1.807) is 0 Å². The molecule has 2 aliphatic rings. The lowest BCUT2D eigenvalue weighted by Gasteiger charge is -2.19. The van der Waals surface area contributed by atoms with Crippen LogP contribution in [0.25, 0.3) is 0 Å². The molecular formula is C9H14N2O2. The van der Waals surface area contributed by atoms with Crippen LogP contribution < -0.4 is 5.32 Å². The first-order valence-electron chi connectivity index (χ1n) is 4.76. The molecule has 1 spiro atoms. The Morgan fingerprint density at radius 1 is 1.54 bits per heavy atom. The Morgan fingerprint density at radius 2 is 2.15 bits per heavy atom. The van der Waals surface area contributed by atoms with Gasteiger partial charge in [0.2, 0.25) is 0 Å². The van der Waals surface area contributed by atoms with E-state index in [9.17, 15) is 9.59 Å². The maximum atomic E-state index is 11.7. The third kappa shape index (κ3) is 1.04. The number of nitrogens with one attached hydrogen (secondary N) is 1. The van der Waals surface area contributed by atoms with E-state index in [4.69, 9.17) is 0 Å². The van der Waals surface area contributed by atoms with Crippen molar-refractivity contribution >= 4 is 11.9 Å². The summed E-state index contributed by atoms with van der Waals surface area (Å²) in [5.41, 5.74) is -0.486. The number of hydrogen-bond acceptors (Lipinski definition) is 2. The quantitative estimate of drug-likeness (QED) is 0.644. The molecule has 0 aromatic carbocycles. The van der Waals surface area contributed by atoms with Gasteiger partial charge in [-0.2, -0.15) is 0 Å². The SMILES string of the molecule is CCC(C)N1C(=O)NC2(CC2)C1=O. The number of urea groups is 1. The molecule has 1 aliphatic heterocycles. The molecule has 4 nitrogen and oxygen atoms in total. The van der Waals surface area contributed by atoms with Gasteiger partial charge in [0, 0.05) is 6.04 Å². The van der Waals surface area contributed by atoms with E-state index in [0.29, 0.717) is 0 Å². The van der Waals surface area contributed by atoms with Gasteiger partial charge in [0.1, 0.15) is 5.54 Å². The van der Waals surface area contributed by atoms with Gasteiger partial charge in [-0.15, -0.1) is 0 Å². The van der Waals surface area contributed by atoms with E-state index in [2.05, 4.69) is 5.32 Å². The molecule has 4 heteroatoms. The average molecular weight is 182 g/mol. The molecule has 1 atom stereocenters. The first-order chi connectivity index (χ1) is 6.10. The Bertz CT molecular complexity index is 271. The predicted molar refractivity (Wildman–Crippen MR) is 47.1 cm³/mol. The highest BCUT2D eigenvalue weighted by Gasteiger charge is 2.60. The van der Waals surface area contributed by atoms with Gasteiger partial charge in [-0.1, -0.05) is 6.92 Å². The second-order valence-electron chi connectivity index (χ2n) is 3.94. The maximum absolute atomic E-state index is 11.7. The first kappa shape index (κ1) is 8.53. The average Bonchev–Trinajstić information content (AvgIpc) is 2.80. The van der Waals surface area contributed by atoms with Gasteiger partial charge in [0.05, 0.1) is 0 Å². The van der Waals surface area contributed by atoms with Crippen molar-refractivity contribution in [1.29, 1.82) is 0 Å². The largest absolute Gasteiger partial charge is 0.325 e. The molecule has 1 heterocycles. The molecule has 1 unspecified atom stereocenters. The van der Waals surface area contributed by atoms with Crippen LogP contribution in [0.4, 0.5) is 4.79 Å². The molecule has 0 bridgehead atoms. The zero-order chi connectivity index (χ0) is 9.64. The molecule has 1 N–H and O–H groups in total. The highest BCUT2D eigenvalue weighted by molar-refractivity contribution is 6.09. The number of hydrogen-bond donors (Lipinski definition) is 1. The summed E-state index contributed by atoms with van der Waals surface area (Å²) in [4.78, 5) is 24.5. The first-order valence-corrected chi connectivity index (χ1v) is 4.76. The summed E-state index contributed by atoms with van der Waals surface area (Å²) >= 11 is 0. The zero-order valence-electron chi connectivity index (χ0n) is 7.96. The Labute approximate surface area is 77.3 Å². The fraction of sp³-hybridized carbons (Fsp3) is 0.778. The van der Waals surface area contributed by atoms with Crippen LogP contribution in [0.3, 0.4) is 0 Å². The predicted octanol–water partition coefficient (Wildman–Crippen LogP) is 0.869. The maximum Gasteiger partial charge on any atom is 0.325 e. The topological polar surface area (TPSA) is 49.4 Å². The Kier molecular flexibility index (Phi) is 1.62. The summed E-state index contributed by atoms with van der Waals surface area (Å²) in [5.74, 6) is -0.0214. The third-order valence-corrected chi connectivity index (χ3v) is 2.97. The van der Waals surface area contributed by atoms with Crippen molar-refractivity contribution < 1.29 is 9.59 Å². The highest BCUT2D eigenvalue weighted by Crippen LogP contribution is 2.41. The third-order valence-electron chi connectivity index (χ3n) is 2.97. The fourth-order valence-corrected chi connectivity index (χ4v) is 1.69. The van der Waals surface area contributed by atoms with Gasteiger partial charge < -0.3 is 5.32 Å². The van der Waals surface area contributed by atoms with Gasteiger partial charge in [-0.05, 0) is 26.2 Å². The molecule has 0 radical (unpaired) electrons. The number of carbonyl (C=O) groups excluding carboxylic acids is 2. The monoisotopic (exact) mass is 182 g/mol. The lowest BCUT2D eigenvalue weighted by molar-refractivity contribution is -0.129. The summed E-state index contributed by atoms with van der Waals surface area (Å²) in [6.45, 7) is 3.88. The van der Waals surface area contributed by atoms with Crippen LogP contribution in [-0.2, 0) is 4.79 Å². The van der Waals surface area contributed by atoms with Crippen LogP contribution in [0, 0.1) is 0 Å². The second kappa shape index (κ2) is 2.47. The Balaban J connectivity index is 2.20. The Morgan fingerprint density at radius 3 is 2.54 bits per heavy atom. The van der Waals surface area contributed by atoms with Crippen LogP contribution in [0.15, 0.2) is 0 Å². The lowest BCUT2D eigenvalue weighted by Crippen LogP contribution is -2.39. The second-order valence-corrected chi connectivity index (χ2v) is 3.94. The molecule has 3 amide bonds. The number of rotatable bonds is 2. The number of nitrogens with zero attached hydrogens (tertiary/aromatic N) is 1. The van der Waals surface area contributed by atoms with Gasteiger partial charge >= 0.3 is 6.03 Å². The van der Waals surface area contributed by atoms with Crippen molar-refractivity contribution in [2.45, 2.75) is 44.7 Å². The van der Waals surface area contributed by atoms with Crippen LogP contribution in [-0.4, -0.2) is 28.4 Å². The standard InChI is InChI=1S/C9H14N2O2/c1-3-6(2)11-7(12)9(4-5-9)10-8(11)13/h6H,3-5H2,1-2H3,(H,10,13). The van der Waals surface area contributed by atoms with Gasteiger partial charge in [0.15, 0.2) is 0 Å². The van der Waals surface area contributed by atoms with Crippen molar-refractivity contribution in [3.63, 3.8) is 0 Å². The molecule has 72 valence electrons. The summed E-state index contributed by atoms with van der Waals surface area (Å²) in [6.07, 6.45) is 2.43. The summed E-state index contributed by atoms with van der Waals surface area (Å²) < 4.78 is 0. The van der Waals surface area contributed by atoms with E-state index in [1.807, 2.05) is 13.8 Å². The van der Waals surface area contributed by atoms with Gasteiger partial charge in [-0.25, -0.2) is 4.79 Å². The zero-order valence-corrected chi connectivity index (χ0v) is 7.96. The van der Waals surface area contributed by atoms with E-state index in [1.165, 1.54) is 4.90 Å². The molecule has 1 aliphatic carbocycles. The molecule has 0 aromatic rings. The summed E-state index contributed by atoms with van der Waals surface area (Å²) in [5, 5.41) is 2.76.